The summed E-state index contributed by atoms with van der Waals surface area (Å²) in [6.45, 7) is 8.70. The monoisotopic (exact) mass is 875 g/mol. The average Bonchev–Trinajstić information content (AvgIpc) is 3.39. The topological polar surface area (TPSA) is 12.0 Å². The van der Waals surface area contributed by atoms with Gasteiger partial charge in [0, 0.05) is 243 Å². The van der Waals surface area contributed by atoms with Crippen molar-refractivity contribution < 1.29 is 0 Å². The lowest BCUT2D eigenvalue weighted by atomic mass is 10.1. The smallest absolute Gasteiger partial charge is 0.0291 e. The van der Waals surface area contributed by atoms with Crippen molar-refractivity contribution in [3.05, 3.63) is 35.9 Å². The molecule has 1 unspecified atom stereocenters. The molecule has 0 amide bonds. The van der Waals surface area contributed by atoms with Crippen molar-refractivity contribution in [3.8, 4) is 343 Å². The van der Waals surface area contributed by atoms with Gasteiger partial charge in [0.1, 0.15) is 0 Å². The summed E-state index contributed by atoms with van der Waals surface area (Å²) in [5, 5.41) is 3.36. The molecule has 0 radical (unpaired) electrons. The van der Waals surface area contributed by atoms with E-state index in [4.69, 9.17) is 0 Å². The molecule has 1 aromatic carbocycles. The Labute approximate surface area is 422 Å². The van der Waals surface area contributed by atoms with Crippen LogP contribution in [0.2, 0.25) is 0 Å². The largest absolute Gasteiger partial charge is 0.310 e. The van der Waals surface area contributed by atoms with Gasteiger partial charge in [-0.15, -0.1) is 0 Å². The molecule has 0 aliphatic heterocycles. The van der Waals surface area contributed by atoms with Gasteiger partial charge in [-0.2, -0.15) is 0 Å². The first-order chi connectivity index (χ1) is 35.3. The van der Waals surface area contributed by atoms with E-state index < -0.39 is 0 Å². The minimum atomic E-state index is 0.473. The maximum atomic E-state index is 3.36. The van der Waals surface area contributed by atoms with E-state index in [9.17, 15) is 0 Å². The van der Waals surface area contributed by atoms with E-state index in [1.807, 2.05) is 6.07 Å². The molecule has 0 aliphatic rings. The molecule has 1 rings (SSSR count). The molecule has 0 saturated heterocycles. The number of hydrogen-bond acceptors (Lipinski definition) is 1. The second-order valence-electron chi connectivity index (χ2n) is 10.2. The third kappa shape index (κ3) is 49.0. The Bertz CT molecular complexity index is 3950. The van der Waals surface area contributed by atoms with Crippen molar-refractivity contribution in [1.29, 1.82) is 0 Å². The molecule has 0 saturated carbocycles. The van der Waals surface area contributed by atoms with Gasteiger partial charge >= 0.3 is 0 Å². The zero-order valence-corrected chi connectivity index (χ0v) is 38.2. The maximum Gasteiger partial charge on any atom is 0.0291 e. The lowest BCUT2D eigenvalue weighted by Gasteiger charge is -2.11. The Morgan fingerprint density at radius 2 is 0.394 bits per heavy atom. The third-order valence-electron chi connectivity index (χ3n) is 5.50. The van der Waals surface area contributed by atoms with Crippen LogP contribution in [0.3, 0.4) is 0 Å². The highest BCUT2D eigenvalue weighted by Crippen LogP contribution is 2.09. The summed E-state index contributed by atoms with van der Waals surface area (Å²) in [6.07, 6.45) is 0. The van der Waals surface area contributed by atoms with Gasteiger partial charge in [-0.1, -0.05) is 49.1 Å². The summed E-state index contributed by atoms with van der Waals surface area (Å²) in [6, 6.07) is 11.0. The first kappa shape index (κ1) is 57.4. The van der Waals surface area contributed by atoms with E-state index in [1.165, 1.54) is 5.56 Å². The van der Waals surface area contributed by atoms with Gasteiger partial charge in [-0.05, 0) is 128 Å². The SMILES string of the molecule is CC#CC#CC#CC#CC#CC#CC#CC#CC#CC#CC#CC#CC#CC#CC#CC#CC#CC#CC#CC#CC#CC#CC#CC#CC#CC#CC#CC#CC#CC.CCNC(C)c1ccccc1. The molecule has 1 atom stereocenters. The highest BCUT2D eigenvalue weighted by atomic mass is 14.9. The van der Waals surface area contributed by atoms with E-state index in [2.05, 4.69) is 387 Å². The fourth-order valence-electron chi connectivity index (χ4n) is 2.98. The first-order valence-corrected chi connectivity index (χ1v) is 19.4. The van der Waals surface area contributed by atoms with Crippen LogP contribution in [-0.2, 0) is 0 Å². The summed E-state index contributed by atoms with van der Waals surface area (Å²) in [5.41, 5.74) is 1.36. The zero-order chi connectivity index (χ0) is 51.1. The minimum Gasteiger partial charge on any atom is -0.310 e. The Kier molecular flexibility index (Phi) is 42.5. The predicted octanol–water partition coefficient (Wildman–Crippen LogP) is 3.48. The molecule has 306 valence electrons. The summed E-state index contributed by atoms with van der Waals surface area (Å²) in [7, 11) is 0. The summed E-state index contributed by atoms with van der Waals surface area (Å²) in [4.78, 5) is 0. The van der Waals surface area contributed by atoms with Crippen LogP contribution in [0.25, 0.3) is 0 Å². The van der Waals surface area contributed by atoms with E-state index >= 15 is 0 Å². The molecular formula is C70H21N. The molecule has 0 aromatic heterocycles. The first-order valence-electron chi connectivity index (χ1n) is 19.4. The average molecular weight is 876 g/mol. The highest BCUT2D eigenvalue weighted by Gasteiger charge is 1.99. The normalized spacial score (nSPS) is 5.35. The minimum absolute atomic E-state index is 0.473. The molecule has 0 fully saturated rings. The lowest BCUT2D eigenvalue weighted by molar-refractivity contribution is 0.598. The molecule has 1 aromatic rings. The number of nitrogens with one attached hydrogen (secondary N) is 1. The van der Waals surface area contributed by atoms with Crippen LogP contribution in [0.15, 0.2) is 30.3 Å². The number of benzene rings is 1. The Morgan fingerprint density at radius 1 is 0.254 bits per heavy atom. The van der Waals surface area contributed by atoms with Crippen molar-refractivity contribution in [2.24, 2.45) is 0 Å². The Balaban J connectivity index is 0.00000388. The van der Waals surface area contributed by atoms with Crippen molar-refractivity contribution in [2.75, 3.05) is 6.54 Å². The summed E-state index contributed by atoms with van der Waals surface area (Å²) >= 11 is 0. The number of rotatable bonds is 3. The van der Waals surface area contributed by atoms with Gasteiger partial charge in [-0.25, -0.2) is 0 Å². The van der Waals surface area contributed by atoms with E-state index in [1.54, 1.807) is 13.8 Å². The predicted molar refractivity (Wildman–Crippen MR) is 285 cm³/mol. The fourth-order valence-corrected chi connectivity index (χ4v) is 2.98. The molecule has 1 heteroatoms. The van der Waals surface area contributed by atoms with Crippen molar-refractivity contribution in [1.82, 2.24) is 5.32 Å². The Morgan fingerprint density at radius 3 is 0.521 bits per heavy atom. The standard InChI is InChI=1S/C60H6.C10H15N/c1-3-5-7-9-11-13-15-17-19-21-23-25-27-29-31-33-35-37-39-41-43-45-47-49-51-53-55-57-59-60-58-56-54-52-50-48-46-44-42-40-38-36-34-32-30-28-26-24-22-20-18-16-14-12-10-8-6-4-2;1-3-11-9(2)10-7-5-4-6-8-10/h1-2H3;4-9,11H,3H2,1-2H3. The third-order valence-corrected chi connectivity index (χ3v) is 5.50. The van der Waals surface area contributed by atoms with Gasteiger partial charge < -0.3 is 5.32 Å². The molecule has 1 N–H and O–H groups in total. The summed E-state index contributed by atoms with van der Waals surface area (Å²) in [5.74, 6) is 146. The fraction of sp³-hybridized carbons (Fsp3) is 0.0857. The molecule has 0 spiro atoms. The molecule has 0 bridgehead atoms. The van der Waals surface area contributed by atoms with Crippen LogP contribution < -0.4 is 5.32 Å². The highest BCUT2D eigenvalue weighted by molar-refractivity contribution is 5.52. The molecule has 0 aliphatic carbocycles. The van der Waals surface area contributed by atoms with Gasteiger partial charge in [-0.3, -0.25) is 0 Å². The zero-order valence-electron chi connectivity index (χ0n) is 38.2. The van der Waals surface area contributed by atoms with E-state index in [0.29, 0.717) is 6.04 Å². The van der Waals surface area contributed by atoms with Gasteiger partial charge in [0.25, 0.3) is 0 Å². The van der Waals surface area contributed by atoms with Gasteiger partial charge in [0.15, 0.2) is 0 Å². The van der Waals surface area contributed by atoms with Crippen LogP contribution in [0.5, 0.6) is 0 Å². The second kappa shape index (κ2) is 52.6. The van der Waals surface area contributed by atoms with Crippen LogP contribution in [0.1, 0.15) is 39.3 Å². The molecule has 0 heterocycles. The van der Waals surface area contributed by atoms with Crippen molar-refractivity contribution >= 4 is 0 Å². The van der Waals surface area contributed by atoms with E-state index in [-0.39, 0.29) is 0 Å². The Hall–Kier alpha value is -13.6. The molecular weight excluding hydrogens is 855 g/mol. The molecule has 1 nitrogen and oxygen atoms in total. The van der Waals surface area contributed by atoms with Gasteiger partial charge in [0.05, 0.1) is 0 Å². The van der Waals surface area contributed by atoms with E-state index in [0.717, 1.165) is 6.54 Å². The van der Waals surface area contributed by atoms with Crippen LogP contribution in [0.4, 0.5) is 0 Å². The quantitative estimate of drug-likeness (QED) is 0.460. The van der Waals surface area contributed by atoms with Crippen molar-refractivity contribution in [2.45, 2.75) is 33.7 Å². The molecule has 71 heavy (non-hydrogen) atoms. The maximum absolute atomic E-state index is 3.36. The van der Waals surface area contributed by atoms with Crippen LogP contribution >= 0.6 is 0 Å². The van der Waals surface area contributed by atoms with Crippen LogP contribution in [-0.4, -0.2) is 6.54 Å². The van der Waals surface area contributed by atoms with Gasteiger partial charge in [0.2, 0.25) is 0 Å². The van der Waals surface area contributed by atoms with Crippen LogP contribution in [0, 0.1) is 343 Å². The second-order valence-corrected chi connectivity index (χ2v) is 10.2. The lowest BCUT2D eigenvalue weighted by Crippen LogP contribution is -2.17. The number of hydrogen-bond donors (Lipinski definition) is 1. The van der Waals surface area contributed by atoms with Crippen molar-refractivity contribution in [3.63, 3.8) is 0 Å². The summed E-state index contributed by atoms with van der Waals surface area (Å²) < 4.78 is 0.